The predicted molar refractivity (Wildman–Crippen MR) is 74.3 cm³/mol. The Morgan fingerprint density at radius 1 is 1.25 bits per heavy atom. The Kier molecular flexibility index (Phi) is 5.46. The van der Waals surface area contributed by atoms with Crippen molar-refractivity contribution in [1.29, 1.82) is 0 Å². The molecule has 1 heterocycles. The number of hydrogen-bond acceptors (Lipinski definition) is 6. The molecule has 2 aromatic rings. The van der Waals surface area contributed by atoms with E-state index >= 15 is 0 Å². The normalized spacial score (nSPS) is 11.8. The molecule has 1 N–H and O–H groups in total. The van der Waals surface area contributed by atoms with Crippen molar-refractivity contribution < 1.29 is 27.4 Å². The predicted octanol–water partition coefficient (Wildman–Crippen LogP) is 1.03. The number of nitrogens with zero attached hydrogens (tertiary/aromatic N) is 4. The highest BCUT2D eigenvalue weighted by molar-refractivity contribution is 5.90. The first kappa shape index (κ1) is 17.8. The molecular weight excluding hydrogens is 331 g/mol. The van der Waals surface area contributed by atoms with Crippen molar-refractivity contribution in [3.8, 4) is 5.69 Å². The topological polar surface area (TPSA) is 91.2 Å². The fraction of sp³-hybridized carbons (Fsp3) is 0.385. The maximum Gasteiger partial charge on any atom is 0.416 e. The van der Waals surface area contributed by atoms with Gasteiger partial charge in [-0.3, -0.25) is 4.79 Å². The lowest BCUT2D eigenvalue weighted by Crippen LogP contribution is -2.34. The van der Waals surface area contributed by atoms with Gasteiger partial charge in [0.05, 0.1) is 17.8 Å². The van der Waals surface area contributed by atoms with Gasteiger partial charge in [-0.2, -0.15) is 13.2 Å². The van der Waals surface area contributed by atoms with E-state index in [0.717, 1.165) is 16.9 Å². The first-order valence-corrected chi connectivity index (χ1v) is 6.66. The van der Waals surface area contributed by atoms with Crippen LogP contribution in [0.4, 0.5) is 13.2 Å². The van der Waals surface area contributed by atoms with E-state index < -0.39 is 23.9 Å². The number of amides is 1. The van der Waals surface area contributed by atoms with Gasteiger partial charge in [-0.1, -0.05) is 0 Å². The van der Waals surface area contributed by atoms with Gasteiger partial charge < -0.3 is 14.8 Å². The number of alkyl halides is 3. The molecule has 130 valence electrons. The molecule has 1 aromatic carbocycles. The molecule has 24 heavy (non-hydrogen) atoms. The van der Waals surface area contributed by atoms with Crippen LogP contribution in [0, 0.1) is 0 Å². The summed E-state index contributed by atoms with van der Waals surface area (Å²) in [6.45, 7) is 0.0701. The van der Waals surface area contributed by atoms with Gasteiger partial charge in [-0.25, -0.2) is 0 Å². The summed E-state index contributed by atoms with van der Waals surface area (Å²) in [6.07, 6.45) is -5.06. The van der Waals surface area contributed by atoms with Crippen LogP contribution in [0.1, 0.15) is 16.2 Å². The molecule has 0 aliphatic carbocycles. The van der Waals surface area contributed by atoms with Crippen LogP contribution < -0.4 is 5.32 Å². The van der Waals surface area contributed by atoms with E-state index in [1.54, 1.807) is 0 Å². The molecule has 0 aliphatic heterocycles. The van der Waals surface area contributed by atoms with Crippen LogP contribution in [0.5, 0.6) is 0 Å². The van der Waals surface area contributed by atoms with Crippen molar-refractivity contribution >= 4 is 5.91 Å². The summed E-state index contributed by atoms with van der Waals surface area (Å²) >= 11 is 0. The molecule has 0 atom stereocenters. The lowest BCUT2D eigenvalue weighted by molar-refractivity contribution is -0.137. The van der Waals surface area contributed by atoms with Gasteiger partial charge >= 0.3 is 6.18 Å². The van der Waals surface area contributed by atoms with Crippen molar-refractivity contribution in [2.75, 3.05) is 20.8 Å². The molecule has 0 unspecified atom stereocenters. The fourth-order valence-corrected chi connectivity index (χ4v) is 1.72. The first-order chi connectivity index (χ1) is 11.3. The molecule has 1 aromatic heterocycles. The second-order valence-corrected chi connectivity index (χ2v) is 4.56. The molecule has 0 fully saturated rings. The molecule has 0 spiro atoms. The number of aromatic nitrogens is 4. The van der Waals surface area contributed by atoms with Gasteiger partial charge in [0, 0.05) is 14.2 Å². The summed E-state index contributed by atoms with van der Waals surface area (Å²) in [5.41, 5.74) is -0.560. The summed E-state index contributed by atoms with van der Waals surface area (Å²) in [7, 11) is 2.83. The number of tetrazole rings is 1. The second kappa shape index (κ2) is 7.36. The zero-order valence-corrected chi connectivity index (χ0v) is 12.7. The minimum atomic E-state index is -4.43. The Labute approximate surface area is 134 Å². The van der Waals surface area contributed by atoms with Crippen LogP contribution in [0.3, 0.4) is 0 Å². The number of carbonyl (C=O) groups excluding carboxylic acids is 1. The van der Waals surface area contributed by atoms with Gasteiger partial charge in [0.25, 0.3) is 11.7 Å². The van der Waals surface area contributed by atoms with E-state index in [1.807, 2.05) is 0 Å². The summed E-state index contributed by atoms with van der Waals surface area (Å²) in [5.74, 6) is -0.854. The van der Waals surface area contributed by atoms with Crippen LogP contribution in [-0.4, -0.2) is 53.2 Å². The molecule has 0 aliphatic rings. The number of hydrogen-bond donors (Lipinski definition) is 1. The van der Waals surface area contributed by atoms with Crippen LogP contribution in [0.2, 0.25) is 0 Å². The standard InChI is InChI=1S/C13H14F3N5O3/c1-23-10(24-2)7-17-12(22)11-18-20-21(19-11)9-5-3-8(4-6-9)13(14,15)16/h3-6,10H,7H2,1-2H3,(H,17,22). The third kappa shape index (κ3) is 4.26. The van der Waals surface area contributed by atoms with Crippen molar-refractivity contribution in [3.63, 3.8) is 0 Å². The van der Waals surface area contributed by atoms with E-state index in [1.165, 1.54) is 26.4 Å². The third-order valence-corrected chi connectivity index (χ3v) is 3.00. The molecule has 8 nitrogen and oxygen atoms in total. The third-order valence-electron chi connectivity index (χ3n) is 3.00. The lowest BCUT2D eigenvalue weighted by atomic mass is 10.2. The maximum absolute atomic E-state index is 12.5. The summed E-state index contributed by atoms with van der Waals surface area (Å²) in [5, 5.41) is 13.5. The summed E-state index contributed by atoms with van der Waals surface area (Å²) in [6, 6.07) is 4.14. The average molecular weight is 345 g/mol. The summed E-state index contributed by atoms with van der Waals surface area (Å²) in [4.78, 5) is 12.8. The van der Waals surface area contributed by atoms with Crippen LogP contribution in [0.25, 0.3) is 5.69 Å². The van der Waals surface area contributed by atoms with Gasteiger partial charge in [0.2, 0.25) is 0 Å². The Morgan fingerprint density at radius 3 is 2.42 bits per heavy atom. The zero-order valence-electron chi connectivity index (χ0n) is 12.7. The Morgan fingerprint density at radius 2 is 1.88 bits per heavy atom. The quantitative estimate of drug-likeness (QED) is 0.787. The summed E-state index contributed by atoms with van der Waals surface area (Å²) < 4.78 is 47.4. The average Bonchev–Trinajstić information content (AvgIpc) is 3.05. The smallest absolute Gasteiger partial charge is 0.354 e. The molecule has 0 radical (unpaired) electrons. The van der Waals surface area contributed by atoms with E-state index in [4.69, 9.17) is 9.47 Å². The molecular formula is C13H14F3N5O3. The van der Waals surface area contributed by atoms with Gasteiger partial charge in [-0.15, -0.1) is 15.0 Å². The highest BCUT2D eigenvalue weighted by Crippen LogP contribution is 2.29. The number of ether oxygens (including phenoxy) is 2. The fourth-order valence-electron chi connectivity index (χ4n) is 1.72. The van der Waals surface area contributed by atoms with E-state index in [-0.39, 0.29) is 18.1 Å². The van der Waals surface area contributed by atoms with Crippen LogP contribution >= 0.6 is 0 Å². The van der Waals surface area contributed by atoms with Crippen molar-refractivity contribution in [1.82, 2.24) is 25.5 Å². The van der Waals surface area contributed by atoms with Crippen LogP contribution in [0.15, 0.2) is 24.3 Å². The minimum Gasteiger partial charge on any atom is -0.354 e. The van der Waals surface area contributed by atoms with Crippen LogP contribution in [-0.2, 0) is 15.7 Å². The number of carbonyl (C=O) groups is 1. The maximum atomic E-state index is 12.5. The number of benzene rings is 1. The Balaban J connectivity index is 2.06. The van der Waals surface area contributed by atoms with Gasteiger partial charge in [0.15, 0.2) is 6.29 Å². The molecule has 2 rings (SSSR count). The second-order valence-electron chi connectivity index (χ2n) is 4.56. The SMILES string of the molecule is COC(CNC(=O)c1nnn(-c2ccc(C(F)(F)F)cc2)n1)OC. The lowest BCUT2D eigenvalue weighted by Gasteiger charge is -2.12. The van der Waals surface area contributed by atoms with E-state index in [2.05, 4.69) is 20.7 Å². The van der Waals surface area contributed by atoms with Crippen molar-refractivity contribution in [2.45, 2.75) is 12.5 Å². The molecule has 0 bridgehead atoms. The number of nitrogens with one attached hydrogen (secondary N) is 1. The van der Waals surface area contributed by atoms with E-state index in [9.17, 15) is 18.0 Å². The highest BCUT2D eigenvalue weighted by Gasteiger charge is 2.30. The molecule has 1 amide bonds. The largest absolute Gasteiger partial charge is 0.416 e. The number of halogens is 3. The minimum absolute atomic E-state index is 0.0701. The zero-order chi connectivity index (χ0) is 17.7. The highest BCUT2D eigenvalue weighted by atomic mass is 19.4. The number of methoxy groups -OCH3 is 2. The molecule has 0 saturated heterocycles. The Hall–Kier alpha value is -2.53. The molecule has 11 heteroatoms. The first-order valence-electron chi connectivity index (χ1n) is 6.66. The van der Waals surface area contributed by atoms with Crippen molar-refractivity contribution in [2.24, 2.45) is 0 Å². The molecule has 0 saturated carbocycles. The van der Waals surface area contributed by atoms with E-state index in [0.29, 0.717) is 0 Å². The monoisotopic (exact) mass is 345 g/mol. The number of rotatable bonds is 6. The van der Waals surface area contributed by atoms with Gasteiger partial charge in [-0.05, 0) is 29.5 Å². The van der Waals surface area contributed by atoms with Crippen molar-refractivity contribution in [3.05, 3.63) is 35.7 Å². The van der Waals surface area contributed by atoms with Gasteiger partial charge in [0.1, 0.15) is 0 Å². The Bertz CT molecular complexity index is 683.